The largest absolute Gasteiger partial charge is 0.273 e. The molecule has 11 heavy (non-hydrogen) atoms. The molecule has 1 aliphatic rings. The first-order valence-electron chi connectivity index (χ1n) is 3.83. The van der Waals surface area contributed by atoms with E-state index >= 15 is 0 Å². The van der Waals surface area contributed by atoms with Crippen LogP contribution in [0.2, 0.25) is 0 Å². The van der Waals surface area contributed by atoms with Gasteiger partial charge in [0.15, 0.2) is 0 Å². The van der Waals surface area contributed by atoms with Crippen molar-refractivity contribution in [1.82, 2.24) is 0 Å². The van der Waals surface area contributed by atoms with E-state index in [1.54, 1.807) is 0 Å². The van der Waals surface area contributed by atoms with E-state index in [-0.39, 0.29) is 25.8 Å². The zero-order valence-electron chi connectivity index (χ0n) is 7.57. The summed E-state index contributed by atoms with van der Waals surface area (Å²) in [7, 11) is 0. The van der Waals surface area contributed by atoms with Crippen LogP contribution >= 0.6 is 0 Å². The van der Waals surface area contributed by atoms with Gasteiger partial charge in [-0.3, -0.25) is 6.08 Å². The maximum atomic E-state index is 3.18. The SMILES string of the molecule is CC(C)(C)CC1=CC[C-]=C1.[Hf]. The Labute approximate surface area is 88.5 Å². The molecule has 0 fully saturated rings. The van der Waals surface area contributed by atoms with Gasteiger partial charge >= 0.3 is 0 Å². The Morgan fingerprint density at radius 3 is 2.45 bits per heavy atom. The van der Waals surface area contributed by atoms with Gasteiger partial charge in [0.25, 0.3) is 0 Å². The van der Waals surface area contributed by atoms with Crippen molar-refractivity contribution in [1.29, 1.82) is 0 Å². The maximum absolute atomic E-state index is 3.18. The summed E-state index contributed by atoms with van der Waals surface area (Å²) in [5, 5.41) is 0. The Morgan fingerprint density at radius 2 is 2.09 bits per heavy atom. The Balaban J connectivity index is 0.000001000. The molecule has 1 rings (SSSR count). The minimum atomic E-state index is 0. The zero-order chi connectivity index (χ0) is 7.61. The first-order chi connectivity index (χ1) is 4.58. The third kappa shape index (κ3) is 4.73. The second kappa shape index (κ2) is 4.39. The molecule has 0 heterocycles. The Hall–Kier alpha value is 0.350. The van der Waals surface area contributed by atoms with Crippen molar-refractivity contribution in [3.05, 3.63) is 23.8 Å². The molecule has 0 aromatic heterocycles. The van der Waals surface area contributed by atoms with Gasteiger partial charge in [-0.25, -0.2) is 11.6 Å². The number of hydrogen-bond acceptors (Lipinski definition) is 0. The average Bonchev–Trinajstić information content (AvgIpc) is 2.12. The molecule has 0 N–H and O–H groups in total. The zero-order valence-corrected chi connectivity index (χ0v) is 11.2. The van der Waals surface area contributed by atoms with Crippen LogP contribution in [-0.2, 0) is 25.8 Å². The van der Waals surface area contributed by atoms with Crippen LogP contribution in [0.3, 0.4) is 0 Å². The quantitative estimate of drug-likeness (QED) is 0.515. The molecule has 1 heteroatoms. The fraction of sp³-hybridized carbons (Fsp3) is 0.600. The van der Waals surface area contributed by atoms with Crippen LogP contribution in [0.15, 0.2) is 17.7 Å². The topological polar surface area (TPSA) is 0 Å². The second-order valence-electron chi connectivity index (χ2n) is 4.07. The molecule has 0 amide bonds. The van der Waals surface area contributed by atoms with Gasteiger partial charge in [0, 0.05) is 25.8 Å². The van der Waals surface area contributed by atoms with Crippen molar-refractivity contribution in [3.63, 3.8) is 0 Å². The van der Waals surface area contributed by atoms with Gasteiger partial charge < -0.3 is 0 Å². The molecule has 1 aliphatic carbocycles. The average molecular weight is 314 g/mol. The van der Waals surface area contributed by atoms with Gasteiger partial charge in [0.1, 0.15) is 0 Å². The van der Waals surface area contributed by atoms with E-state index < -0.39 is 0 Å². The molecular weight excluding hydrogens is 299 g/mol. The minimum absolute atomic E-state index is 0. The summed E-state index contributed by atoms with van der Waals surface area (Å²) < 4.78 is 0. The van der Waals surface area contributed by atoms with Gasteiger partial charge in [-0.2, -0.15) is 6.08 Å². The summed E-state index contributed by atoms with van der Waals surface area (Å²) in [4.78, 5) is 0. The second-order valence-corrected chi connectivity index (χ2v) is 4.07. The maximum Gasteiger partial charge on any atom is 0 e. The van der Waals surface area contributed by atoms with E-state index in [9.17, 15) is 0 Å². The first kappa shape index (κ1) is 11.4. The van der Waals surface area contributed by atoms with Crippen LogP contribution < -0.4 is 0 Å². The molecule has 0 radical (unpaired) electrons. The number of hydrogen-bond donors (Lipinski definition) is 0. The Bertz CT molecular complexity index is 170. The molecular formula is C10H15Hf-. The van der Waals surface area contributed by atoms with Crippen LogP contribution in [0.4, 0.5) is 0 Å². The molecule has 0 aromatic carbocycles. The molecule has 0 unspecified atom stereocenters. The normalized spacial score (nSPS) is 16.1. The summed E-state index contributed by atoms with van der Waals surface area (Å²) in [5.41, 5.74) is 1.88. The van der Waals surface area contributed by atoms with Gasteiger partial charge in [-0.05, 0) is 5.41 Å². The predicted octanol–water partition coefficient (Wildman–Crippen LogP) is 3.11. The summed E-state index contributed by atoms with van der Waals surface area (Å²) in [6.07, 6.45) is 9.75. The monoisotopic (exact) mass is 315 g/mol. The molecule has 0 saturated carbocycles. The molecule has 0 spiro atoms. The van der Waals surface area contributed by atoms with E-state index in [1.165, 1.54) is 12.0 Å². The van der Waals surface area contributed by atoms with Crippen molar-refractivity contribution in [2.45, 2.75) is 33.6 Å². The smallest absolute Gasteiger partial charge is 0 e. The third-order valence-corrected chi connectivity index (χ3v) is 1.50. The minimum Gasteiger partial charge on any atom is -0.273 e. The fourth-order valence-corrected chi connectivity index (χ4v) is 1.17. The molecule has 0 nitrogen and oxygen atoms in total. The number of rotatable bonds is 1. The van der Waals surface area contributed by atoms with E-state index in [2.05, 4.69) is 39.0 Å². The van der Waals surface area contributed by atoms with Gasteiger partial charge in [-0.15, -0.1) is 6.42 Å². The van der Waals surface area contributed by atoms with Crippen LogP contribution in [0.25, 0.3) is 0 Å². The summed E-state index contributed by atoms with van der Waals surface area (Å²) in [6, 6.07) is 0. The van der Waals surface area contributed by atoms with Crippen LogP contribution in [0, 0.1) is 11.5 Å². The van der Waals surface area contributed by atoms with Crippen LogP contribution in [0.1, 0.15) is 33.6 Å². The standard InChI is InChI=1S/C10H15.Hf/c1-10(2,3)8-9-6-4-5-7-9;/h6-7H,4,8H2,1-3H3;/q-1;. The van der Waals surface area contributed by atoms with E-state index in [0.717, 1.165) is 6.42 Å². The molecule has 0 atom stereocenters. The first-order valence-corrected chi connectivity index (χ1v) is 3.83. The van der Waals surface area contributed by atoms with Crippen molar-refractivity contribution in [2.75, 3.05) is 0 Å². The van der Waals surface area contributed by atoms with Gasteiger partial charge in [0.05, 0.1) is 0 Å². The summed E-state index contributed by atoms with van der Waals surface area (Å²) in [5.74, 6) is 0. The van der Waals surface area contributed by atoms with E-state index in [4.69, 9.17) is 0 Å². The number of allylic oxidation sites excluding steroid dienone is 4. The van der Waals surface area contributed by atoms with Gasteiger partial charge in [0.2, 0.25) is 0 Å². The van der Waals surface area contributed by atoms with Crippen LogP contribution in [0.5, 0.6) is 0 Å². The van der Waals surface area contributed by atoms with Crippen molar-refractivity contribution in [3.8, 4) is 0 Å². The molecule has 0 aromatic rings. The molecule has 0 bridgehead atoms. The van der Waals surface area contributed by atoms with Gasteiger partial charge in [-0.1, -0.05) is 27.2 Å². The Kier molecular flexibility index (Phi) is 4.53. The van der Waals surface area contributed by atoms with Crippen molar-refractivity contribution in [2.24, 2.45) is 5.41 Å². The summed E-state index contributed by atoms with van der Waals surface area (Å²) >= 11 is 0. The van der Waals surface area contributed by atoms with Crippen molar-refractivity contribution >= 4 is 0 Å². The third-order valence-electron chi connectivity index (χ3n) is 1.50. The van der Waals surface area contributed by atoms with Crippen LogP contribution in [-0.4, -0.2) is 0 Å². The molecule has 60 valence electrons. The summed E-state index contributed by atoms with van der Waals surface area (Å²) in [6.45, 7) is 6.79. The molecule has 0 saturated heterocycles. The van der Waals surface area contributed by atoms with E-state index in [1.807, 2.05) is 0 Å². The Morgan fingerprint density at radius 1 is 1.45 bits per heavy atom. The molecule has 0 aliphatic heterocycles. The van der Waals surface area contributed by atoms with Crippen molar-refractivity contribution < 1.29 is 25.8 Å². The van der Waals surface area contributed by atoms with E-state index in [0.29, 0.717) is 5.41 Å². The fourth-order valence-electron chi connectivity index (χ4n) is 1.17. The predicted molar refractivity (Wildman–Crippen MR) is 44.6 cm³/mol.